The highest BCUT2D eigenvalue weighted by Gasteiger charge is 2.26. The number of carbonyl (C=O) groups excluding carboxylic acids is 2. The average molecular weight is 1110 g/mol. The van der Waals surface area contributed by atoms with E-state index in [1.807, 2.05) is 0 Å². The normalized spacial score (nSPS) is 14.2. The van der Waals surface area contributed by atoms with Crippen molar-refractivity contribution in [1.82, 2.24) is 0 Å². The first kappa shape index (κ1) is 74.4. The van der Waals surface area contributed by atoms with Crippen molar-refractivity contribution in [2.45, 2.75) is 225 Å². The van der Waals surface area contributed by atoms with E-state index in [1.54, 1.807) is 0 Å². The van der Waals surface area contributed by atoms with Gasteiger partial charge in [-0.3, -0.25) is 18.6 Å². The average Bonchev–Trinajstić information content (AvgIpc) is 3.44. The summed E-state index contributed by atoms with van der Waals surface area (Å²) in [6.07, 6.45) is 92.6. The molecule has 0 spiro atoms. The number of rotatable bonds is 55. The van der Waals surface area contributed by atoms with Gasteiger partial charge in [0, 0.05) is 19.4 Å². The van der Waals surface area contributed by atoms with Crippen molar-refractivity contribution >= 4 is 19.8 Å². The maximum absolute atomic E-state index is 12.7. The van der Waals surface area contributed by atoms with Gasteiger partial charge < -0.3 is 20.1 Å². The number of esters is 2. The largest absolute Gasteiger partial charge is 0.472 e. The van der Waals surface area contributed by atoms with Crippen LogP contribution in [0.4, 0.5) is 0 Å². The third kappa shape index (κ3) is 62.4. The quantitative estimate of drug-likeness (QED) is 0.0264. The molecule has 0 aliphatic heterocycles. The summed E-state index contributed by atoms with van der Waals surface area (Å²) in [5.41, 5.74) is 5.38. The first-order valence-electron chi connectivity index (χ1n) is 30.6. The van der Waals surface area contributed by atoms with Gasteiger partial charge in [0.05, 0.1) is 13.2 Å². The molecular formula is C69H110NO8P. The fraction of sp³-hybridized carbons (Fsp3) is 0.565. The lowest BCUT2D eigenvalue weighted by Gasteiger charge is -2.19. The van der Waals surface area contributed by atoms with E-state index in [4.69, 9.17) is 24.3 Å². The van der Waals surface area contributed by atoms with E-state index >= 15 is 0 Å². The van der Waals surface area contributed by atoms with Gasteiger partial charge in [-0.25, -0.2) is 4.57 Å². The highest BCUT2D eigenvalue weighted by Crippen LogP contribution is 2.43. The number of allylic oxidation sites excluding steroid dienone is 28. The molecule has 2 unspecified atom stereocenters. The van der Waals surface area contributed by atoms with E-state index in [-0.39, 0.29) is 32.6 Å². The van der Waals surface area contributed by atoms with Crippen LogP contribution in [0, 0.1) is 0 Å². The van der Waals surface area contributed by atoms with Crippen LogP contribution in [0.5, 0.6) is 0 Å². The van der Waals surface area contributed by atoms with Gasteiger partial charge in [0.15, 0.2) is 6.10 Å². The summed E-state index contributed by atoms with van der Waals surface area (Å²) in [5.74, 6) is -0.883. The summed E-state index contributed by atoms with van der Waals surface area (Å²) in [7, 11) is -4.41. The van der Waals surface area contributed by atoms with Gasteiger partial charge in [-0.1, -0.05) is 248 Å². The van der Waals surface area contributed by atoms with E-state index in [1.165, 1.54) is 44.9 Å². The van der Waals surface area contributed by atoms with Gasteiger partial charge in [0.1, 0.15) is 6.61 Å². The first-order chi connectivity index (χ1) is 38.8. The van der Waals surface area contributed by atoms with Crippen LogP contribution in [-0.4, -0.2) is 49.3 Å². The Hall–Kier alpha value is -4.63. The topological polar surface area (TPSA) is 134 Å². The van der Waals surface area contributed by atoms with Crippen molar-refractivity contribution in [2.24, 2.45) is 5.73 Å². The molecule has 0 rings (SSSR count). The molecule has 10 heteroatoms. The van der Waals surface area contributed by atoms with E-state index < -0.39 is 32.5 Å². The van der Waals surface area contributed by atoms with E-state index in [0.29, 0.717) is 12.8 Å². The highest BCUT2D eigenvalue weighted by molar-refractivity contribution is 7.47. The number of phosphoric acid groups is 1. The van der Waals surface area contributed by atoms with Gasteiger partial charge in [-0.2, -0.15) is 0 Å². The summed E-state index contributed by atoms with van der Waals surface area (Å²) in [5, 5.41) is 0. The SMILES string of the molecule is CC/C=C\C/C=C\C/C=C\C/C=C\C/C=C\C/C=C\C/C=C\C/C=C\C/C=C\CCCCCC(=O)OC(COC(=O)CCCCCCCCCCCCC/C=C\C/C=C\C/C=C\C/C=C\C/C=C\CC)COP(=O)(O)OCCN. The first-order valence-corrected chi connectivity index (χ1v) is 32.1. The Kier molecular flexibility index (Phi) is 58.9. The molecule has 3 N–H and O–H groups in total. The number of carbonyl (C=O) groups is 2. The van der Waals surface area contributed by atoms with Gasteiger partial charge in [0.2, 0.25) is 0 Å². The zero-order valence-electron chi connectivity index (χ0n) is 49.5. The second kappa shape index (κ2) is 62.6. The molecule has 0 aliphatic rings. The number of hydrogen-bond donors (Lipinski definition) is 2. The predicted octanol–water partition coefficient (Wildman–Crippen LogP) is 19.8. The minimum atomic E-state index is -4.41. The van der Waals surface area contributed by atoms with Crippen molar-refractivity contribution in [1.29, 1.82) is 0 Å². The van der Waals surface area contributed by atoms with Crippen molar-refractivity contribution in [3.05, 3.63) is 170 Å². The molecule has 9 nitrogen and oxygen atoms in total. The number of ether oxygens (including phenoxy) is 2. The maximum Gasteiger partial charge on any atom is 0.472 e. The third-order valence-corrected chi connectivity index (χ3v) is 13.1. The van der Waals surface area contributed by atoms with E-state index in [9.17, 15) is 19.0 Å². The smallest absolute Gasteiger partial charge is 0.462 e. The molecule has 0 radical (unpaired) electrons. The van der Waals surface area contributed by atoms with Crippen molar-refractivity contribution in [2.75, 3.05) is 26.4 Å². The van der Waals surface area contributed by atoms with Crippen LogP contribution in [0.3, 0.4) is 0 Å². The highest BCUT2D eigenvalue weighted by atomic mass is 31.2. The van der Waals surface area contributed by atoms with Crippen molar-refractivity contribution in [3.8, 4) is 0 Å². The van der Waals surface area contributed by atoms with Crippen LogP contribution in [0.1, 0.15) is 219 Å². The fourth-order valence-electron chi connectivity index (χ4n) is 7.65. The molecule has 0 fully saturated rings. The Morgan fingerprint density at radius 2 is 0.658 bits per heavy atom. The van der Waals surface area contributed by atoms with E-state index in [2.05, 4.69) is 184 Å². The summed E-state index contributed by atoms with van der Waals surface area (Å²) < 4.78 is 33.0. The summed E-state index contributed by atoms with van der Waals surface area (Å²) in [6, 6.07) is 0. The Bertz CT molecular complexity index is 1890. The molecule has 0 saturated heterocycles. The molecule has 0 saturated carbocycles. The minimum Gasteiger partial charge on any atom is -0.462 e. The van der Waals surface area contributed by atoms with Crippen molar-refractivity contribution in [3.63, 3.8) is 0 Å². The molecule has 0 heterocycles. The second-order valence-electron chi connectivity index (χ2n) is 19.5. The second-order valence-corrected chi connectivity index (χ2v) is 20.9. The van der Waals surface area contributed by atoms with Crippen molar-refractivity contribution < 1.29 is 37.6 Å². The lowest BCUT2D eigenvalue weighted by atomic mass is 10.0. The van der Waals surface area contributed by atoms with E-state index in [0.717, 1.165) is 135 Å². The number of hydrogen-bond acceptors (Lipinski definition) is 8. The lowest BCUT2D eigenvalue weighted by Crippen LogP contribution is -2.29. The Labute approximate surface area is 482 Å². The Morgan fingerprint density at radius 3 is 0.987 bits per heavy atom. The molecule has 444 valence electrons. The van der Waals surface area contributed by atoms with Crippen LogP contribution in [0.25, 0.3) is 0 Å². The summed E-state index contributed by atoms with van der Waals surface area (Å²) in [4.78, 5) is 35.2. The zero-order chi connectivity index (χ0) is 57.3. The van der Waals surface area contributed by atoms with Gasteiger partial charge in [0.25, 0.3) is 0 Å². The molecule has 2 atom stereocenters. The number of unbranched alkanes of at least 4 members (excludes halogenated alkanes) is 14. The molecule has 0 aromatic carbocycles. The standard InChI is InChI=1S/C69H110NO8P/c1-3-5-7-9-11-13-15-17-19-21-23-25-27-29-31-32-33-34-36-38-40-42-44-46-48-50-52-54-56-58-60-62-69(72)78-67(66-77-79(73,74)76-64-63-70)65-75-68(71)61-59-57-55-53-51-49-47-45-43-41-39-37-35-30-28-26-24-22-20-18-16-14-12-10-8-6-4-2/h5-8,11-14,17-20,23-26,29-31,33-35,38,40,44,46,50,52,67H,3-4,9-10,15-16,21-22,27-28,32,36-37,39,41-43,45,47-49,51,53-66,70H2,1-2H3,(H,73,74)/b7-5-,8-6-,13-11-,14-12-,19-17-,20-18-,25-23-,26-24-,31-29-,34-33-,35-30-,40-38-,46-44-,52-50-. The van der Waals surface area contributed by atoms with Gasteiger partial charge >= 0.3 is 19.8 Å². The summed E-state index contributed by atoms with van der Waals surface area (Å²) in [6.45, 7) is 3.45. The molecule has 0 aromatic rings. The minimum absolute atomic E-state index is 0.0375. The predicted molar refractivity (Wildman–Crippen MR) is 339 cm³/mol. The monoisotopic (exact) mass is 1110 g/mol. The van der Waals surface area contributed by atoms with Crippen LogP contribution < -0.4 is 5.73 Å². The molecule has 0 aliphatic carbocycles. The van der Waals surface area contributed by atoms with Crippen LogP contribution in [0.2, 0.25) is 0 Å². The fourth-order valence-corrected chi connectivity index (χ4v) is 8.42. The lowest BCUT2D eigenvalue weighted by molar-refractivity contribution is -0.161. The van der Waals surface area contributed by atoms with Gasteiger partial charge in [-0.15, -0.1) is 0 Å². The Balaban J connectivity index is 4.10. The number of phosphoric ester groups is 1. The molecule has 0 amide bonds. The van der Waals surface area contributed by atoms with Crippen LogP contribution >= 0.6 is 7.82 Å². The molecular weight excluding hydrogens is 1000 g/mol. The van der Waals surface area contributed by atoms with Crippen LogP contribution in [-0.2, 0) is 32.7 Å². The molecule has 79 heavy (non-hydrogen) atoms. The zero-order valence-corrected chi connectivity index (χ0v) is 50.4. The number of nitrogens with two attached hydrogens (primary N) is 1. The third-order valence-electron chi connectivity index (χ3n) is 12.1. The summed E-state index contributed by atoms with van der Waals surface area (Å²) >= 11 is 0. The maximum atomic E-state index is 12.7. The molecule has 0 aromatic heterocycles. The van der Waals surface area contributed by atoms with Crippen LogP contribution in [0.15, 0.2) is 170 Å². The molecule has 0 bridgehead atoms. The van der Waals surface area contributed by atoms with Gasteiger partial charge in [-0.05, 0) is 128 Å². The Morgan fingerprint density at radius 1 is 0.380 bits per heavy atom.